The topological polar surface area (TPSA) is 109 Å². The molecule has 0 atom stereocenters. The number of rotatable bonds is 8. The molecule has 9 nitrogen and oxygen atoms in total. The lowest BCUT2D eigenvalue weighted by Gasteiger charge is -2.34. The Kier molecular flexibility index (Phi) is 7.13. The number of aryl methyl sites for hydroxylation is 1. The highest BCUT2D eigenvalue weighted by Crippen LogP contribution is 2.25. The summed E-state index contributed by atoms with van der Waals surface area (Å²) < 4.78 is 33.3. The molecule has 2 aromatic carbocycles. The minimum absolute atomic E-state index is 0. The fourth-order valence-electron chi connectivity index (χ4n) is 4.43. The van der Waals surface area contributed by atoms with Crippen molar-refractivity contribution in [2.45, 2.75) is 36.7 Å². The number of anilines is 2. The predicted octanol–water partition coefficient (Wildman–Crippen LogP) is 4.61. The minimum atomic E-state index is -3.71. The van der Waals surface area contributed by atoms with Crippen LogP contribution in [0.2, 0.25) is 5.02 Å². The summed E-state index contributed by atoms with van der Waals surface area (Å²) in [5.74, 6) is 0.0276. The van der Waals surface area contributed by atoms with Gasteiger partial charge in [0.25, 0.3) is 10.0 Å². The van der Waals surface area contributed by atoms with E-state index in [9.17, 15) is 13.2 Å². The molecule has 192 valence electrons. The summed E-state index contributed by atoms with van der Waals surface area (Å²) in [6, 6.07) is 14.7. The molecule has 0 spiro atoms. The molecule has 36 heavy (non-hydrogen) atoms. The fraction of sp³-hybridized carbons (Fsp3) is 0.292. The molecule has 1 aliphatic rings. The fourth-order valence-corrected chi connectivity index (χ4v) is 6.38. The highest BCUT2D eigenvalue weighted by Gasteiger charge is 2.22. The lowest BCUT2D eigenvalue weighted by molar-refractivity contribution is -0.122. The van der Waals surface area contributed by atoms with Crippen molar-refractivity contribution < 1.29 is 16.1 Å². The van der Waals surface area contributed by atoms with Crippen molar-refractivity contribution >= 4 is 60.8 Å². The van der Waals surface area contributed by atoms with Crippen LogP contribution in [0.4, 0.5) is 10.8 Å². The van der Waals surface area contributed by atoms with E-state index in [4.69, 9.17) is 11.6 Å². The number of benzene rings is 2. The zero-order valence-corrected chi connectivity index (χ0v) is 21.7. The summed E-state index contributed by atoms with van der Waals surface area (Å²) >= 11 is 7.32. The van der Waals surface area contributed by atoms with Crippen molar-refractivity contribution in [3.8, 4) is 0 Å². The first-order valence-corrected chi connectivity index (χ1v) is 14.2. The van der Waals surface area contributed by atoms with Crippen molar-refractivity contribution in [1.29, 1.82) is 0 Å². The number of sulfonamides is 1. The zero-order chi connectivity index (χ0) is 25.1. The largest absolute Gasteiger partial charge is 0.371 e. The van der Waals surface area contributed by atoms with Crippen molar-refractivity contribution in [3.63, 3.8) is 0 Å². The van der Waals surface area contributed by atoms with Crippen molar-refractivity contribution in [3.05, 3.63) is 66.1 Å². The first-order chi connectivity index (χ1) is 17.4. The van der Waals surface area contributed by atoms with Gasteiger partial charge in [-0.2, -0.15) is 4.37 Å². The monoisotopic (exact) mass is 548 g/mol. The van der Waals surface area contributed by atoms with E-state index in [1.54, 1.807) is 24.3 Å². The second kappa shape index (κ2) is 10.5. The molecule has 3 heterocycles. The Balaban J connectivity index is 0.00000200. The number of para-hydroxylation sites is 1. The Hall–Kier alpha value is -3.15. The average Bonchev–Trinajstić information content (AvgIpc) is 3.53. The van der Waals surface area contributed by atoms with Crippen LogP contribution >= 0.6 is 23.1 Å². The molecular weight excluding hydrogens is 520 g/mol. The molecular formula is C24H29ClN6O3S2. The summed E-state index contributed by atoms with van der Waals surface area (Å²) in [5.41, 5.74) is 1.90. The van der Waals surface area contributed by atoms with Gasteiger partial charge in [0.05, 0.1) is 15.4 Å². The van der Waals surface area contributed by atoms with Gasteiger partial charge in [-0.15, -0.1) is 0 Å². The van der Waals surface area contributed by atoms with Crippen LogP contribution in [0, 0.1) is 0 Å². The summed E-state index contributed by atoms with van der Waals surface area (Å²) in [5, 5.41) is 5.13. The van der Waals surface area contributed by atoms with E-state index in [0.29, 0.717) is 18.0 Å². The van der Waals surface area contributed by atoms with E-state index < -0.39 is 10.0 Å². The molecule has 12 heteroatoms. The Labute approximate surface area is 221 Å². The number of nitrogens with one attached hydrogen (secondary N) is 2. The van der Waals surface area contributed by atoms with Gasteiger partial charge in [0.1, 0.15) is 6.33 Å². The number of halogens is 1. The second-order valence-electron chi connectivity index (χ2n) is 8.61. The van der Waals surface area contributed by atoms with Gasteiger partial charge in [-0.05, 0) is 49.2 Å². The number of nitrogens with zero attached hydrogens (tertiary/aromatic N) is 4. The van der Waals surface area contributed by atoms with Crippen LogP contribution < -0.4 is 14.9 Å². The highest BCUT2D eigenvalue weighted by molar-refractivity contribution is 7.93. The molecule has 0 aliphatic carbocycles. The third-order valence-corrected chi connectivity index (χ3v) is 8.64. The number of carbonyl (C=O) groups is 1. The predicted molar refractivity (Wildman–Crippen MR) is 146 cm³/mol. The molecule has 0 unspecified atom stereocenters. The smallest absolute Gasteiger partial charge is 0.263 e. The van der Waals surface area contributed by atoms with Gasteiger partial charge in [-0.1, -0.05) is 23.7 Å². The maximum absolute atomic E-state index is 12.6. The summed E-state index contributed by atoms with van der Waals surface area (Å²) in [7, 11) is -3.71. The molecule has 0 bridgehead atoms. The third kappa shape index (κ3) is 5.48. The van der Waals surface area contributed by atoms with E-state index in [0.717, 1.165) is 54.1 Å². The van der Waals surface area contributed by atoms with E-state index in [1.165, 1.54) is 6.33 Å². The van der Waals surface area contributed by atoms with Crippen LogP contribution in [-0.4, -0.2) is 47.4 Å². The number of fused-ring (bicyclic) bond motifs is 1. The Bertz CT molecular complexity index is 1460. The highest BCUT2D eigenvalue weighted by atomic mass is 35.5. The number of carbonyl (C=O) groups excluding carboxylic acids is 1. The molecule has 0 radical (unpaired) electrons. The van der Waals surface area contributed by atoms with Gasteiger partial charge in [0.2, 0.25) is 11.0 Å². The molecule has 2 aromatic heterocycles. The minimum Gasteiger partial charge on any atom is -0.371 e. The SMILES string of the molecule is O=C(CCn1ccc2cccc(Cl)c21)NC1CCN(c2ccc(S(=O)(=O)Nc3ncns3)cc2)CC1.[HH].[HH]. The van der Waals surface area contributed by atoms with Gasteiger partial charge < -0.3 is 14.8 Å². The van der Waals surface area contributed by atoms with Gasteiger partial charge >= 0.3 is 0 Å². The van der Waals surface area contributed by atoms with Crippen LogP contribution in [0.5, 0.6) is 0 Å². The van der Waals surface area contributed by atoms with Crippen molar-refractivity contribution in [2.24, 2.45) is 0 Å². The summed E-state index contributed by atoms with van der Waals surface area (Å²) in [4.78, 5) is 18.8. The van der Waals surface area contributed by atoms with E-state index >= 15 is 0 Å². The van der Waals surface area contributed by atoms with Gasteiger partial charge in [0.15, 0.2) is 0 Å². The molecule has 0 saturated carbocycles. The number of aromatic nitrogens is 3. The third-order valence-electron chi connectivity index (χ3n) is 6.27. The van der Waals surface area contributed by atoms with E-state index in [2.05, 4.69) is 24.3 Å². The molecule has 2 N–H and O–H groups in total. The standard InChI is InChI=1S/C24H25ClN6O3S2.2H2/c25-21-3-1-2-17-8-12-31(23(17)21)15-11-22(32)28-18-9-13-30(14-10-18)19-4-6-20(7-5-19)36(33,34)29-24-26-16-27-35-24;;/h1-8,12,16,18H,9-11,13-15H2,(H,28,32)(H,26,27,29);2*1H. The quantitative estimate of drug-likeness (QED) is 0.333. The van der Waals surface area contributed by atoms with E-state index in [-0.39, 0.29) is 24.8 Å². The molecule has 4 aromatic rings. The van der Waals surface area contributed by atoms with Crippen molar-refractivity contribution in [1.82, 2.24) is 19.2 Å². The summed E-state index contributed by atoms with van der Waals surface area (Å²) in [6.45, 7) is 2.12. The first kappa shape index (κ1) is 24.5. The molecule has 1 amide bonds. The second-order valence-corrected chi connectivity index (χ2v) is 11.5. The number of piperidine rings is 1. The van der Waals surface area contributed by atoms with Gasteiger partial charge in [-0.3, -0.25) is 9.52 Å². The average molecular weight is 549 g/mol. The van der Waals surface area contributed by atoms with Crippen LogP contribution in [0.3, 0.4) is 0 Å². The van der Waals surface area contributed by atoms with Gasteiger partial charge in [0, 0.05) is 63.8 Å². The number of hydrogen-bond acceptors (Lipinski definition) is 7. The number of amides is 1. The Morgan fingerprint density at radius 1 is 1.14 bits per heavy atom. The molecule has 1 fully saturated rings. The van der Waals surface area contributed by atoms with Crippen LogP contribution in [-0.2, 0) is 21.4 Å². The van der Waals surface area contributed by atoms with Crippen LogP contribution in [0.1, 0.15) is 22.1 Å². The zero-order valence-electron chi connectivity index (χ0n) is 19.3. The molecule has 1 saturated heterocycles. The van der Waals surface area contributed by atoms with E-state index in [1.807, 2.05) is 35.0 Å². The van der Waals surface area contributed by atoms with Crippen LogP contribution in [0.25, 0.3) is 10.9 Å². The lowest BCUT2D eigenvalue weighted by atomic mass is 10.0. The first-order valence-electron chi connectivity index (χ1n) is 11.6. The van der Waals surface area contributed by atoms with Gasteiger partial charge in [-0.25, -0.2) is 13.4 Å². The normalized spacial score (nSPS) is 14.8. The molecule has 1 aliphatic heterocycles. The number of hydrogen-bond donors (Lipinski definition) is 2. The summed E-state index contributed by atoms with van der Waals surface area (Å²) in [6.07, 6.45) is 5.30. The lowest BCUT2D eigenvalue weighted by Crippen LogP contribution is -2.44. The van der Waals surface area contributed by atoms with Crippen molar-refractivity contribution in [2.75, 3.05) is 22.7 Å². The van der Waals surface area contributed by atoms with Crippen LogP contribution in [0.15, 0.2) is 66.0 Å². The Morgan fingerprint density at radius 3 is 2.64 bits per heavy atom. The molecule has 5 rings (SSSR count). The maximum Gasteiger partial charge on any atom is 0.263 e. The maximum atomic E-state index is 12.6. The Morgan fingerprint density at radius 2 is 1.92 bits per heavy atom.